The van der Waals surface area contributed by atoms with Crippen LogP contribution in [0.3, 0.4) is 0 Å². The first kappa shape index (κ1) is 87.2. The second-order valence-corrected chi connectivity index (χ2v) is 38.8. The molecule has 0 unspecified atom stereocenters. The summed E-state index contributed by atoms with van der Waals surface area (Å²) in [6.07, 6.45) is 0.883. The fraction of sp³-hybridized carbons (Fsp3) is 0.00800. The van der Waals surface area contributed by atoms with Crippen molar-refractivity contribution in [3.05, 3.63) is 457 Å². The lowest BCUT2D eigenvalue weighted by atomic mass is 9.91. The van der Waals surface area contributed by atoms with Gasteiger partial charge in [-0.3, -0.25) is 0 Å². The van der Waals surface area contributed by atoms with Crippen LogP contribution >= 0.6 is 69.1 Å². The molecule has 0 saturated carbocycles. The second-order valence-electron chi connectivity index (χ2n) is 35.3. The minimum Gasteiger partial charge on any atom is -0.455 e. The molecule has 1 aliphatic rings. The van der Waals surface area contributed by atoms with E-state index in [1.807, 2.05) is 140 Å². The summed E-state index contributed by atoms with van der Waals surface area (Å²) in [4.78, 5) is 55.3. The number of fused-ring (bicyclic) bond motifs is 15. The van der Waals surface area contributed by atoms with E-state index in [1.54, 1.807) is 22.7 Å². The van der Waals surface area contributed by atoms with Gasteiger partial charge in [-0.05, 0) is 216 Å². The van der Waals surface area contributed by atoms with Crippen LogP contribution in [0.15, 0.2) is 429 Å². The number of rotatable bonds is 11. The maximum atomic E-state index is 6.52. The van der Waals surface area contributed by atoms with Crippen LogP contribution in [0, 0.1) is 0 Å². The molecule has 0 radical (unpaired) electrons. The number of aromatic nitrogens is 12. The van der Waals surface area contributed by atoms with Crippen LogP contribution < -0.4 is 0 Å². The van der Waals surface area contributed by atoms with E-state index in [9.17, 15) is 0 Å². The molecule has 0 saturated heterocycles. The molecule has 7 heterocycles. The maximum Gasteiger partial charge on any atom is 0.226 e. The monoisotopic (exact) mass is 1960 g/mol. The molecule has 0 aliphatic heterocycles. The molecular formula is C125H72Cl4N12OS2. The van der Waals surface area contributed by atoms with Gasteiger partial charge in [0, 0.05) is 101 Å². The molecule has 29 rings (SSSR count). The van der Waals surface area contributed by atoms with Crippen LogP contribution in [0.2, 0.25) is 21.1 Å². The van der Waals surface area contributed by atoms with Crippen molar-refractivity contribution < 1.29 is 4.42 Å². The molecule has 13 nitrogen and oxygen atoms in total. The molecule has 21 aromatic carbocycles. The Hall–Kier alpha value is -17.1. The van der Waals surface area contributed by atoms with Crippen molar-refractivity contribution in [2.75, 3.05) is 0 Å². The van der Waals surface area contributed by atoms with Gasteiger partial charge in [-0.2, -0.15) is 39.9 Å². The number of benzene rings is 21. The van der Waals surface area contributed by atoms with Crippen molar-refractivity contribution >= 4 is 196 Å². The van der Waals surface area contributed by atoms with Crippen LogP contribution in [0.1, 0.15) is 11.1 Å². The molecule has 0 amide bonds. The van der Waals surface area contributed by atoms with E-state index in [0.29, 0.717) is 46.6 Å². The van der Waals surface area contributed by atoms with Gasteiger partial charge in [-0.1, -0.05) is 376 Å². The van der Waals surface area contributed by atoms with E-state index in [2.05, 4.69) is 325 Å². The zero-order valence-corrected chi connectivity index (χ0v) is 80.9. The second kappa shape index (κ2) is 36.8. The largest absolute Gasteiger partial charge is 0.455 e. The Bertz CT molecular complexity index is 9930. The minimum absolute atomic E-state index is 0.153. The third-order valence-electron chi connectivity index (χ3n) is 26.8. The number of hydrogen-bond acceptors (Lipinski definition) is 15. The summed E-state index contributed by atoms with van der Waals surface area (Å²) in [6.45, 7) is 0. The van der Waals surface area contributed by atoms with E-state index in [0.717, 1.165) is 116 Å². The molecule has 144 heavy (non-hydrogen) atoms. The lowest BCUT2D eigenvalue weighted by molar-refractivity contribution is 0.670. The van der Waals surface area contributed by atoms with Gasteiger partial charge >= 0.3 is 0 Å². The first-order chi connectivity index (χ1) is 71.0. The molecule has 0 spiro atoms. The molecule has 0 bridgehead atoms. The summed E-state index contributed by atoms with van der Waals surface area (Å²) < 4.78 is 11.3. The van der Waals surface area contributed by atoms with Crippen LogP contribution in [0.4, 0.5) is 0 Å². The Morgan fingerprint density at radius 2 is 0.542 bits per heavy atom. The van der Waals surface area contributed by atoms with E-state index in [1.165, 1.54) is 117 Å². The summed E-state index contributed by atoms with van der Waals surface area (Å²) in [5.74, 6) is 4.53. The first-order valence-corrected chi connectivity index (χ1v) is 50.1. The van der Waals surface area contributed by atoms with E-state index < -0.39 is 0 Å². The van der Waals surface area contributed by atoms with Crippen molar-refractivity contribution in [2.24, 2.45) is 0 Å². The number of thiophene rings is 2. The molecule has 19 heteroatoms. The quantitative estimate of drug-likeness (QED) is 0.112. The molecule has 0 fully saturated rings. The highest BCUT2D eigenvalue weighted by atomic mass is 35.5. The van der Waals surface area contributed by atoms with Crippen LogP contribution in [0.25, 0.3) is 263 Å². The number of hydrogen-bond donors (Lipinski definition) is 0. The summed E-state index contributed by atoms with van der Waals surface area (Å²) in [7, 11) is 0. The van der Waals surface area contributed by atoms with Crippen molar-refractivity contribution in [1.29, 1.82) is 0 Å². The van der Waals surface area contributed by atoms with Gasteiger partial charge < -0.3 is 4.42 Å². The third-order valence-corrected chi connectivity index (χ3v) is 29.7. The highest BCUT2D eigenvalue weighted by Gasteiger charge is 2.29. The molecule has 7 aromatic heterocycles. The predicted molar refractivity (Wildman–Crippen MR) is 597 cm³/mol. The van der Waals surface area contributed by atoms with Gasteiger partial charge in [-0.25, -0.2) is 19.9 Å². The molecular weight excluding hydrogens is 1890 g/mol. The predicted octanol–water partition coefficient (Wildman–Crippen LogP) is 35.0. The van der Waals surface area contributed by atoms with Gasteiger partial charge in [-0.15, -0.1) is 22.7 Å². The van der Waals surface area contributed by atoms with Gasteiger partial charge in [0.05, 0.1) is 0 Å². The fourth-order valence-corrected chi connectivity index (χ4v) is 23.4. The lowest BCUT2D eigenvalue weighted by Crippen LogP contribution is -1.99. The average Bonchev–Trinajstić information content (AvgIpc) is 1.45. The average molecular weight is 1960 g/mol. The summed E-state index contributed by atoms with van der Waals surface area (Å²) >= 11 is 29.2. The zero-order valence-electron chi connectivity index (χ0n) is 76.2. The van der Waals surface area contributed by atoms with Crippen molar-refractivity contribution in [2.45, 2.75) is 6.42 Å². The lowest BCUT2D eigenvalue weighted by Gasteiger charge is -2.14. The maximum absolute atomic E-state index is 6.52. The Morgan fingerprint density at radius 1 is 0.188 bits per heavy atom. The van der Waals surface area contributed by atoms with E-state index in [-0.39, 0.29) is 21.1 Å². The Balaban J connectivity index is 0.0000000986. The molecule has 0 N–H and O–H groups in total. The van der Waals surface area contributed by atoms with Gasteiger partial charge in [0.2, 0.25) is 21.1 Å². The number of halogens is 4. The zero-order chi connectivity index (χ0) is 96.0. The molecule has 1 aliphatic carbocycles. The first-order valence-electron chi connectivity index (χ1n) is 47.0. The summed E-state index contributed by atoms with van der Waals surface area (Å²) in [5, 5.41) is 22.0. The molecule has 0 atom stereocenters. The number of furan rings is 1. The molecule has 28 aromatic rings. The van der Waals surface area contributed by atoms with E-state index >= 15 is 0 Å². The summed E-state index contributed by atoms with van der Waals surface area (Å²) in [6, 6.07) is 147. The van der Waals surface area contributed by atoms with Gasteiger partial charge in [0.15, 0.2) is 46.6 Å². The standard InChI is InChI=1S/C37H20ClN3S.C32H20ClN3.C31H18ClN3O.C25H14ClN3S/c38-37-40-35(23-6-2-1-3-7-23)39-36(41-37)29-10-5-11-30-34(29)28-17-16-24(20-31(28)42-30)27-18-25-14-12-21-8-4-9-22-13-15-26(19-27)33(25)32(21)22;33-32-35-30(26-17-6-12-20-11-4-5-15-24(20)26)34-31(36-32)27-18-8-14-23-19-22-13-7-16-25(28(22)29(23)27)21-9-2-1-3-10-21;32-31-34-29(20-9-2-1-3-10-20)33-30(35-31)25-14-7-15-26-27(25)24-13-6-12-23(28(24)36-26)22-17-16-19-8-4-5-11-21(19)18-22;26-25-28-23(17-11-5-8-15-7-1-2-9-16(15)17)27-24(29-25)19-12-6-14-21-22(19)18-10-3-4-13-20(18)30-21/h1-20H;1-18H,19H2;1-18H;1-14H. The summed E-state index contributed by atoms with van der Waals surface area (Å²) in [5.41, 5.74) is 21.0. The SMILES string of the molecule is Clc1nc(-c2cccc3c2-c2c(cccc2-c2ccccc2)C3)nc(-c2cccc3ccccc23)n1.Clc1nc(-c2cccc3ccccc23)nc(-c2cccc3sc4ccccc4c23)n1.Clc1nc(-c2ccccc2)nc(-c2cccc3oc4c(-c5ccc6ccccc6c5)cccc4c23)n1.Clc1nc(-c2ccccc2)nc(-c2cccc3sc4cc(-c5cc6ccc7cccc8ccc(c5)c6c78)ccc4c23)n1. The molecule has 678 valence electrons. The number of nitrogens with zero attached hydrogens (tertiary/aromatic N) is 12. The smallest absolute Gasteiger partial charge is 0.226 e. The minimum atomic E-state index is 0.153. The van der Waals surface area contributed by atoms with E-state index in [4.69, 9.17) is 70.8 Å². The highest BCUT2D eigenvalue weighted by molar-refractivity contribution is 7.26. The normalized spacial score (nSPS) is 11.7. The van der Waals surface area contributed by atoms with Gasteiger partial charge in [0.1, 0.15) is 11.2 Å². The topological polar surface area (TPSA) is 168 Å². The Morgan fingerprint density at radius 3 is 1.12 bits per heavy atom. The van der Waals surface area contributed by atoms with Gasteiger partial charge in [0.25, 0.3) is 0 Å². The highest BCUT2D eigenvalue weighted by Crippen LogP contribution is 2.51. The van der Waals surface area contributed by atoms with Crippen LogP contribution in [-0.2, 0) is 6.42 Å². The Labute approximate surface area is 852 Å². The Kier molecular flexibility index (Phi) is 22.3. The van der Waals surface area contributed by atoms with Crippen LogP contribution in [0.5, 0.6) is 0 Å². The van der Waals surface area contributed by atoms with Crippen molar-refractivity contribution in [3.8, 4) is 136 Å². The number of para-hydroxylation sites is 1. The van der Waals surface area contributed by atoms with Crippen molar-refractivity contribution in [1.82, 2.24) is 59.8 Å². The fourth-order valence-electron chi connectivity index (χ4n) is 20.4. The van der Waals surface area contributed by atoms with Crippen molar-refractivity contribution in [3.63, 3.8) is 0 Å². The van der Waals surface area contributed by atoms with Crippen LogP contribution in [-0.4, -0.2) is 59.8 Å². The third kappa shape index (κ3) is 16.1.